The first-order chi connectivity index (χ1) is 12.6. The highest BCUT2D eigenvalue weighted by molar-refractivity contribution is 7.10. The normalized spacial score (nSPS) is 37.2. The molecule has 0 bridgehead atoms. The average Bonchev–Trinajstić information content (AvgIpc) is 3.23. The van der Waals surface area contributed by atoms with E-state index in [1.165, 1.54) is 28.0 Å². The molecule has 5 unspecified atom stereocenters. The predicted molar refractivity (Wildman–Crippen MR) is 106 cm³/mol. The fourth-order valence-electron chi connectivity index (χ4n) is 6.12. The van der Waals surface area contributed by atoms with Gasteiger partial charge in [-0.05, 0) is 96.2 Å². The van der Waals surface area contributed by atoms with Crippen molar-refractivity contribution in [1.82, 2.24) is 0 Å². The Kier molecular flexibility index (Phi) is 3.81. The Morgan fingerprint density at radius 3 is 2.92 bits per heavy atom. The number of aromatic hydroxyl groups is 1. The summed E-state index contributed by atoms with van der Waals surface area (Å²) in [7, 11) is 0. The zero-order chi connectivity index (χ0) is 17.9. The quantitative estimate of drug-likeness (QED) is 0.713. The van der Waals surface area contributed by atoms with Gasteiger partial charge >= 0.3 is 0 Å². The summed E-state index contributed by atoms with van der Waals surface area (Å²) in [6.07, 6.45) is 7.43. The fraction of sp³-hybridized carbons (Fsp3) is 0.478. The number of benzene rings is 1. The van der Waals surface area contributed by atoms with Crippen molar-refractivity contribution in [3.05, 3.63) is 57.3 Å². The van der Waals surface area contributed by atoms with Gasteiger partial charge in [-0.15, -0.1) is 11.3 Å². The molecule has 0 spiro atoms. The van der Waals surface area contributed by atoms with Crippen LogP contribution in [-0.4, -0.2) is 16.3 Å². The van der Waals surface area contributed by atoms with Crippen molar-refractivity contribution in [2.24, 2.45) is 17.3 Å². The molecule has 1 aromatic carbocycles. The molecule has 2 fully saturated rings. The highest BCUT2D eigenvalue weighted by atomic mass is 32.1. The lowest BCUT2D eigenvalue weighted by molar-refractivity contribution is -0.0158. The van der Waals surface area contributed by atoms with Crippen LogP contribution in [0.5, 0.6) is 5.75 Å². The highest BCUT2D eigenvalue weighted by Gasteiger charge is 2.56. The van der Waals surface area contributed by atoms with Gasteiger partial charge in [0.05, 0.1) is 6.10 Å². The van der Waals surface area contributed by atoms with Crippen molar-refractivity contribution < 1.29 is 10.2 Å². The van der Waals surface area contributed by atoms with Crippen LogP contribution < -0.4 is 0 Å². The van der Waals surface area contributed by atoms with Crippen molar-refractivity contribution in [2.45, 2.75) is 51.0 Å². The number of hydrogen-bond donors (Lipinski definition) is 2. The summed E-state index contributed by atoms with van der Waals surface area (Å²) in [6, 6.07) is 10.2. The summed E-state index contributed by atoms with van der Waals surface area (Å²) in [5.74, 6) is 2.19. The molecule has 2 saturated carbocycles. The summed E-state index contributed by atoms with van der Waals surface area (Å²) in [6.45, 7) is 2.32. The summed E-state index contributed by atoms with van der Waals surface area (Å²) >= 11 is 1.75. The lowest BCUT2D eigenvalue weighted by Crippen LogP contribution is -2.44. The standard InChI is InChI=1S/C23H26O2S/c1-23-9-8-19-18-7-5-16(24)11-14(18)4-6-20(19)21(23)13-15(22(23)25)12-17-3-2-10-26-17/h2-3,5,7,10-12,19-22,24-25H,4,6,8-9,13H2,1H3/b15-12+. The number of hydrogen-bond acceptors (Lipinski definition) is 3. The van der Waals surface area contributed by atoms with Crippen LogP contribution in [-0.2, 0) is 6.42 Å². The molecule has 2 aromatic rings. The average molecular weight is 367 g/mol. The van der Waals surface area contributed by atoms with E-state index >= 15 is 0 Å². The van der Waals surface area contributed by atoms with Crippen molar-refractivity contribution in [3.63, 3.8) is 0 Å². The molecule has 0 saturated heterocycles. The molecule has 0 amide bonds. The number of aliphatic hydroxyl groups is 1. The van der Waals surface area contributed by atoms with Crippen LogP contribution >= 0.6 is 11.3 Å². The molecule has 5 rings (SSSR count). The van der Waals surface area contributed by atoms with Gasteiger partial charge in [0.15, 0.2) is 0 Å². The Morgan fingerprint density at radius 1 is 1.23 bits per heavy atom. The van der Waals surface area contributed by atoms with Crippen LogP contribution in [0.3, 0.4) is 0 Å². The predicted octanol–water partition coefficient (Wildman–Crippen LogP) is 5.36. The Morgan fingerprint density at radius 2 is 2.12 bits per heavy atom. The number of fused-ring (bicyclic) bond motifs is 5. The zero-order valence-electron chi connectivity index (χ0n) is 15.2. The number of thiophene rings is 1. The molecular formula is C23H26O2S. The van der Waals surface area contributed by atoms with E-state index in [9.17, 15) is 10.2 Å². The van der Waals surface area contributed by atoms with E-state index in [0.717, 1.165) is 25.7 Å². The van der Waals surface area contributed by atoms with Gasteiger partial charge in [0, 0.05) is 10.3 Å². The zero-order valence-corrected chi connectivity index (χ0v) is 16.0. The second-order valence-corrected chi connectivity index (χ2v) is 9.66. The lowest BCUT2D eigenvalue weighted by Gasteiger charge is -2.49. The Labute approximate surface area is 159 Å². The maximum atomic E-state index is 11.2. The summed E-state index contributed by atoms with van der Waals surface area (Å²) in [5.41, 5.74) is 4.03. The third kappa shape index (κ3) is 2.40. The molecule has 1 heterocycles. The molecule has 2 N–H and O–H groups in total. The number of aliphatic hydroxyl groups excluding tert-OH is 1. The molecule has 136 valence electrons. The van der Waals surface area contributed by atoms with Crippen LogP contribution in [0.1, 0.15) is 54.5 Å². The third-order valence-electron chi connectivity index (χ3n) is 7.45. The van der Waals surface area contributed by atoms with E-state index in [0.29, 0.717) is 23.5 Å². The number of phenols is 1. The number of aryl methyl sites for hydroxylation is 1. The highest BCUT2D eigenvalue weighted by Crippen LogP contribution is 2.62. The smallest absolute Gasteiger partial charge is 0.115 e. The molecule has 3 heteroatoms. The topological polar surface area (TPSA) is 40.5 Å². The van der Waals surface area contributed by atoms with Gasteiger partial charge < -0.3 is 10.2 Å². The Balaban J connectivity index is 1.49. The minimum absolute atomic E-state index is 0.0126. The monoisotopic (exact) mass is 366 g/mol. The largest absolute Gasteiger partial charge is 0.508 e. The molecular weight excluding hydrogens is 340 g/mol. The number of phenolic OH excluding ortho intramolecular Hbond substituents is 1. The van der Waals surface area contributed by atoms with Crippen molar-refractivity contribution in [2.75, 3.05) is 0 Å². The van der Waals surface area contributed by atoms with Gasteiger partial charge in [0.2, 0.25) is 0 Å². The Bertz CT molecular complexity index is 853. The van der Waals surface area contributed by atoms with Gasteiger partial charge in [-0.3, -0.25) is 0 Å². The molecule has 2 nitrogen and oxygen atoms in total. The molecule has 5 atom stereocenters. The van der Waals surface area contributed by atoms with E-state index in [1.807, 2.05) is 12.1 Å². The molecule has 1 aromatic heterocycles. The summed E-state index contributed by atoms with van der Waals surface area (Å²) < 4.78 is 0. The van der Waals surface area contributed by atoms with E-state index in [2.05, 4.69) is 36.6 Å². The lowest BCUT2D eigenvalue weighted by atomic mass is 9.55. The second kappa shape index (κ2) is 5.97. The minimum atomic E-state index is -0.309. The molecule has 0 aliphatic heterocycles. The number of rotatable bonds is 1. The maximum Gasteiger partial charge on any atom is 0.115 e. The molecule has 26 heavy (non-hydrogen) atoms. The van der Waals surface area contributed by atoms with Crippen LogP contribution in [0.15, 0.2) is 41.3 Å². The second-order valence-electron chi connectivity index (χ2n) is 8.68. The minimum Gasteiger partial charge on any atom is -0.508 e. The van der Waals surface area contributed by atoms with Gasteiger partial charge in [-0.2, -0.15) is 0 Å². The van der Waals surface area contributed by atoms with Crippen LogP contribution in [0, 0.1) is 17.3 Å². The van der Waals surface area contributed by atoms with Crippen molar-refractivity contribution in [3.8, 4) is 5.75 Å². The third-order valence-corrected chi connectivity index (χ3v) is 8.27. The SMILES string of the molecule is CC12CCC3c4ccc(O)cc4CCC3C1C/C(=C\c1cccs1)C2O. The van der Waals surface area contributed by atoms with Crippen LogP contribution in [0.2, 0.25) is 0 Å². The molecule has 3 aliphatic carbocycles. The summed E-state index contributed by atoms with van der Waals surface area (Å²) in [5, 5.41) is 23.1. The molecule has 3 aliphatic rings. The summed E-state index contributed by atoms with van der Waals surface area (Å²) in [4.78, 5) is 1.25. The van der Waals surface area contributed by atoms with Gasteiger partial charge in [0.25, 0.3) is 0 Å². The fourth-order valence-corrected chi connectivity index (χ4v) is 6.81. The van der Waals surface area contributed by atoms with E-state index in [1.54, 1.807) is 11.3 Å². The van der Waals surface area contributed by atoms with Crippen LogP contribution in [0.4, 0.5) is 0 Å². The van der Waals surface area contributed by atoms with E-state index < -0.39 is 0 Å². The van der Waals surface area contributed by atoms with Gasteiger partial charge in [0.1, 0.15) is 5.75 Å². The molecule has 0 radical (unpaired) electrons. The first-order valence-corrected chi connectivity index (χ1v) is 10.7. The van der Waals surface area contributed by atoms with Crippen molar-refractivity contribution in [1.29, 1.82) is 0 Å². The van der Waals surface area contributed by atoms with Crippen molar-refractivity contribution >= 4 is 17.4 Å². The van der Waals surface area contributed by atoms with E-state index in [-0.39, 0.29) is 11.5 Å². The van der Waals surface area contributed by atoms with Gasteiger partial charge in [-0.25, -0.2) is 0 Å². The van der Waals surface area contributed by atoms with Crippen LogP contribution in [0.25, 0.3) is 6.08 Å². The Hall–Kier alpha value is -1.58. The maximum absolute atomic E-state index is 11.2. The van der Waals surface area contributed by atoms with E-state index in [4.69, 9.17) is 0 Å². The first-order valence-electron chi connectivity index (χ1n) is 9.80. The first kappa shape index (κ1) is 16.6. The van der Waals surface area contributed by atoms with Gasteiger partial charge in [-0.1, -0.05) is 19.1 Å².